The van der Waals surface area contributed by atoms with E-state index in [1.807, 2.05) is 6.07 Å². The van der Waals surface area contributed by atoms with Crippen molar-refractivity contribution in [1.82, 2.24) is 9.88 Å². The van der Waals surface area contributed by atoms with Crippen LogP contribution in [0.4, 0.5) is 0 Å². The summed E-state index contributed by atoms with van der Waals surface area (Å²) in [7, 11) is 0. The Hall–Kier alpha value is -2.79. The average Bonchev–Trinajstić information content (AvgIpc) is 3.15. The van der Waals surface area contributed by atoms with Gasteiger partial charge in [-0.05, 0) is 30.5 Å². The van der Waals surface area contributed by atoms with E-state index in [1.165, 1.54) is 22.9 Å². The van der Waals surface area contributed by atoms with Crippen molar-refractivity contribution in [1.29, 1.82) is 5.26 Å². The summed E-state index contributed by atoms with van der Waals surface area (Å²) < 4.78 is 10.3. The molecule has 0 aliphatic heterocycles. The lowest BCUT2D eigenvalue weighted by atomic mass is 10.3. The van der Waals surface area contributed by atoms with Gasteiger partial charge in [-0.3, -0.25) is 4.79 Å². The van der Waals surface area contributed by atoms with Crippen LogP contribution in [0.3, 0.4) is 0 Å². The van der Waals surface area contributed by atoms with E-state index in [-0.39, 0.29) is 19.5 Å². The molecule has 0 radical (unpaired) electrons. The van der Waals surface area contributed by atoms with Crippen LogP contribution in [-0.2, 0) is 16.1 Å². The normalized spacial score (nSPS) is 10.1. The Bertz CT molecular complexity index is 756. The topological polar surface area (TPSA) is 96.4 Å². The van der Waals surface area contributed by atoms with E-state index in [1.54, 1.807) is 36.7 Å². The lowest BCUT2D eigenvalue weighted by Crippen LogP contribution is -2.35. The van der Waals surface area contributed by atoms with Gasteiger partial charge in [0.25, 0.3) is 5.91 Å². The second-order valence-electron chi connectivity index (χ2n) is 4.94. The molecule has 0 aliphatic carbocycles. The van der Waals surface area contributed by atoms with E-state index in [0.29, 0.717) is 16.3 Å². The number of ether oxygens (including phenoxy) is 1. The van der Waals surface area contributed by atoms with E-state index < -0.39 is 18.5 Å². The minimum absolute atomic E-state index is 0.180. The number of nitriles is 1. The first-order valence-corrected chi connectivity index (χ1v) is 8.71. The van der Waals surface area contributed by atoms with Gasteiger partial charge in [0.2, 0.25) is 0 Å². The minimum Gasteiger partial charge on any atom is -0.467 e. The van der Waals surface area contributed by atoms with Crippen molar-refractivity contribution in [2.24, 2.45) is 0 Å². The largest absolute Gasteiger partial charge is 0.467 e. The molecule has 8 heteroatoms. The van der Waals surface area contributed by atoms with Crippen LogP contribution < -0.4 is 0 Å². The minimum atomic E-state index is -0.607. The van der Waals surface area contributed by atoms with E-state index in [0.717, 1.165) is 0 Å². The summed E-state index contributed by atoms with van der Waals surface area (Å²) >= 11 is 1.32. The Balaban J connectivity index is 1.97. The monoisotopic (exact) mass is 359 g/mol. The molecular weight excluding hydrogens is 342 g/mol. The summed E-state index contributed by atoms with van der Waals surface area (Å²) in [5, 5.41) is 9.28. The smallest absolute Gasteiger partial charge is 0.341 e. The molecule has 7 nitrogen and oxygen atoms in total. The first kappa shape index (κ1) is 18.5. The van der Waals surface area contributed by atoms with Crippen molar-refractivity contribution in [3.63, 3.8) is 0 Å². The van der Waals surface area contributed by atoms with Crippen molar-refractivity contribution in [2.45, 2.75) is 18.0 Å². The van der Waals surface area contributed by atoms with E-state index in [2.05, 4.69) is 4.98 Å². The van der Waals surface area contributed by atoms with Gasteiger partial charge in [0, 0.05) is 12.7 Å². The standard InChI is InChI=1S/C17H17N3O4S/c1-25-16-14(6-2-8-19-16)17(22)24-12-15(21)20(9-4-7-18)11-13-5-3-10-23-13/h2-3,5-6,8,10H,4,9,11-12H2,1H3. The summed E-state index contributed by atoms with van der Waals surface area (Å²) in [5.41, 5.74) is 0.317. The molecule has 0 aliphatic rings. The molecule has 0 atom stereocenters. The van der Waals surface area contributed by atoms with Gasteiger partial charge in [-0.2, -0.15) is 5.26 Å². The van der Waals surface area contributed by atoms with E-state index in [9.17, 15) is 9.59 Å². The van der Waals surface area contributed by atoms with E-state index in [4.69, 9.17) is 14.4 Å². The Morgan fingerprint density at radius 2 is 2.24 bits per heavy atom. The maximum absolute atomic E-state index is 12.3. The Kier molecular flexibility index (Phi) is 7.04. The van der Waals surface area contributed by atoms with Gasteiger partial charge in [0.1, 0.15) is 10.8 Å². The number of nitrogens with zero attached hydrogens (tertiary/aromatic N) is 3. The number of esters is 1. The number of hydrogen-bond donors (Lipinski definition) is 0. The van der Waals surface area contributed by atoms with Gasteiger partial charge in [-0.15, -0.1) is 11.8 Å². The van der Waals surface area contributed by atoms with Gasteiger partial charge in [0.15, 0.2) is 6.61 Å². The molecule has 0 spiro atoms. The maximum atomic E-state index is 12.3. The fourth-order valence-corrected chi connectivity index (χ4v) is 2.61. The third-order valence-corrected chi connectivity index (χ3v) is 4.00. The predicted octanol–water partition coefficient (Wildman–Crippen LogP) is 2.50. The van der Waals surface area contributed by atoms with Crippen LogP contribution in [0.15, 0.2) is 46.2 Å². The molecule has 2 aromatic rings. The second kappa shape index (κ2) is 9.49. The van der Waals surface area contributed by atoms with E-state index >= 15 is 0 Å². The third-order valence-electron chi connectivity index (χ3n) is 3.28. The molecule has 0 saturated heterocycles. The molecule has 0 unspecified atom stereocenters. The summed E-state index contributed by atoms with van der Waals surface area (Å²) in [5.74, 6) is -0.409. The van der Waals surface area contributed by atoms with Crippen LogP contribution in [0.5, 0.6) is 0 Å². The predicted molar refractivity (Wildman–Crippen MR) is 90.7 cm³/mol. The Morgan fingerprint density at radius 1 is 1.40 bits per heavy atom. The summed E-state index contributed by atoms with van der Waals surface area (Å²) in [4.78, 5) is 30.0. The number of thioether (sulfide) groups is 1. The highest BCUT2D eigenvalue weighted by molar-refractivity contribution is 7.98. The summed E-state index contributed by atoms with van der Waals surface area (Å²) in [6, 6.07) is 8.68. The van der Waals surface area contributed by atoms with Crippen LogP contribution in [0.25, 0.3) is 0 Å². The number of hydrogen-bond acceptors (Lipinski definition) is 7. The molecule has 1 amide bonds. The third kappa shape index (κ3) is 5.36. The molecule has 130 valence electrons. The number of pyridine rings is 1. The van der Waals surface area contributed by atoms with Crippen molar-refractivity contribution in [3.8, 4) is 6.07 Å². The first-order valence-electron chi connectivity index (χ1n) is 7.49. The molecule has 0 saturated carbocycles. The SMILES string of the molecule is CSc1ncccc1C(=O)OCC(=O)N(CCC#N)Cc1ccco1. The molecule has 0 aromatic carbocycles. The van der Waals surface area contributed by atoms with Crippen LogP contribution >= 0.6 is 11.8 Å². The zero-order valence-corrected chi connectivity index (χ0v) is 14.5. The number of furan rings is 1. The zero-order valence-electron chi connectivity index (χ0n) is 13.7. The van der Waals surface area contributed by atoms with Crippen LogP contribution in [0.1, 0.15) is 22.5 Å². The molecule has 0 fully saturated rings. The number of carbonyl (C=O) groups excluding carboxylic acids is 2. The maximum Gasteiger partial charge on any atom is 0.341 e. The molecule has 2 rings (SSSR count). The van der Waals surface area contributed by atoms with Gasteiger partial charge < -0.3 is 14.1 Å². The number of amides is 1. The van der Waals surface area contributed by atoms with Gasteiger partial charge in [-0.1, -0.05) is 0 Å². The average molecular weight is 359 g/mol. The fraction of sp³-hybridized carbons (Fsp3) is 0.294. The summed E-state index contributed by atoms with van der Waals surface area (Å²) in [6.07, 6.45) is 5.08. The first-order chi connectivity index (χ1) is 12.2. The molecule has 2 aromatic heterocycles. The van der Waals surface area contributed by atoms with Crippen molar-refractivity contribution < 1.29 is 18.7 Å². The fourth-order valence-electron chi connectivity index (χ4n) is 2.07. The highest BCUT2D eigenvalue weighted by atomic mass is 32.2. The van der Waals surface area contributed by atoms with Gasteiger partial charge >= 0.3 is 5.97 Å². The molecule has 25 heavy (non-hydrogen) atoms. The number of aromatic nitrogens is 1. The molecular formula is C17H17N3O4S. The second-order valence-corrected chi connectivity index (χ2v) is 5.73. The van der Waals surface area contributed by atoms with Gasteiger partial charge in [0.05, 0.1) is 30.9 Å². The zero-order chi connectivity index (χ0) is 18.1. The number of rotatable bonds is 8. The van der Waals surface area contributed by atoms with Crippen LogP contribution in [0.2, 0.25) is 0 Å². The Morgan fingerprint density at radius 3 is 2.92 bits per heavy atom. The highest BCUT2D eigenvalue weighted by Crippen LogP contribution is 2.17. The molecule has 0 N–H and O–H groups in total. The highest BCUT2D eigenvalue weighted by Gasteiger charge is 2.19. The lowest BCUT2D eigenvalue weighted by Gasteiger charge is -2.20. The van der Waals surface area contributed by atoms with Crippen LogP contribution in [0, 0.1) is 11.3 Å². The van der Waals surface area contributed by atoms with Crippen molar-refractivity contribution >= 4 is 23.6 Å². The summed E-state index contributed by atoms with van der Waals surface area (Å²) in [6.45, 7) is 0.0399. The number of carbonyl (C=O) groups is 2. The lowest BCUT2D eigenvalue weighted by molar-refractivity contribution is -0.135. The van der Waals surface area contributed by atoms with Crippen molar-refractivity contribution in [3.05, 3.63) is 48.0 Å². The van der Waals surface area contributed by atoms with Crippen molar-refractivity contribution in [2.75, 3.05) is 19.4 Å². The molecule has 2 heterocycles. The van der Waals surface area contributed by atoms with Gasteiger partial charge in [-0.25, -0.2) is 9.78 Å². The molecule has 0 bridgehead atoms. The quantitative estimate of drug-likeness (QED) is 0.527. The Labute approximate surface area is 149 Å². The van der Waals surface area contributed by atoms with Crippen LogP contribution in [-0.4, -0.2) is 41.2 Å².